The number of hydrogen-bond acceptors (Lipinski definition) is 7. The molecule has 0 spiro atoms. The van der Waals surface area contributed by atoms with Crippen molar-refractivity contribution in [1.29, 1.82) is 0 Å². The molecule has 0 aliphatic heterocycles. The molecule has 98 valence electrons. The van der Waals surface area contributed by atoms with Crippen LogP contribution < -0.4 is 0 Å². The number of rotatable bonds is 3. The van der Waals surface area contributed by atoms with E-state index in [4.69, 9.17) is 4.52 Å². The second kappa shape index (κ2) is 4.38. The summed E-state index contributed by atoms with van der Waals surface area (Å²) in [4.78, 5) is 9.60. The van der Waals surface area contributed by atoms with Crippen molar-refractivity contribution in [2.75, 3.05) is 0 Å². The van der Waals surface area contributed by atoms with Gasteiger partial charge in [0.05, 0.1) is 10.6 Å². The van der Waals surface area contributed by atoms with Crippen LogP contribution in [0.1, 0.15) is 0 Å². The Morgan fingerprint density at radius 3 is 2.85 bits per heavy atom. The average Bonchev–Trinajstić information content (AvgIpc) is 3.22. The van der Waals surface area contributed by atoms with Gasteiger partial charge in [-0.15, -0.1) is 11.3 Å². The van der Waals surface area contributed by atoms with Gasteiger partial charge in [0, 0.05) is 12.3 Å². The van der Waals surface area contributed by atoms with Crippen molar-refractivity contribution < 1.29 is 4.52 Å². The molecular weight excluding hydrogens is 278 g/mol. The highest BCUT2D eigenvalue weighted by Gasteiger charge is 2.19. The fourth-order valence-corrected chi connectivity index (χ4v) is 2.80. The second-order valence-electron chi connectivity index (χ2n) is 3.89. The van der Waals surface area contributed by atoms with Crippen LogP contribution >= 0.6 is 11.3 Å². The molecule has 0 amide bonds. The van der Waals surface area contributed by atoms with Crippen LogP contribution in [0, 0.1) is 0 Å². The maximum Gasteiger partial charge on any atom is 0.184 e. The number of nitrogens with one attached hydrogen (secondary N) is 2. The molecular formula is C11H7N7OS. The number of hydrogen-bond donors (Lipinski definition) is 2. The molecule has 0 unspecified atom stereocenters. The first-order valence-corrected chi connectivity index (χ1v) is 6.50. The van der Waals surface area contributed by atoms with Gasteiger partial charge in [0.25, 0.3) is 0 Å². The molecule has 2 N–H and O–H groups in total. The zero-order valence-corrected chi connectivity index (χ0v) is 10.8. The van der Waals surface area contributed by atoms with Gasteiger partial charge in [0.15, 0.2) is 10.8 Å². The minimum atomic E-state index is 0.616. The predicted octanol–water partition coefficient (Wildman–Crippen LogP) is 1.97. The lowest BCUT2D eigenvalue weighted by atomic mass is 10.2. The van der Waals surface area contributed by atoms with E-state index in [1.54, 1.807) is 12.3 Å². The Morgan fingerprint density at radius 2 is 2.15 bits per heavy atom. The van der Waals surface area contributed by atoms with Crippen molar-refractivity contribution in [3.63, 3.8) is 0 Å². The van der Waals surface area contributed by atoms with E-state index in [0.717, 1.165) is 21.3 Å². The largest absolute Gasteiger partial charge is 0.364 e. The van der Waals surface area contributed by atoms with Gasteiger partial charge < -0.3 is 4.52 Å². The fraction of sp³-hybridized carbons (Fsp3) is 0. The van der Waals surface area contributed by atoms with Crippen LogP contribution in [0.3, 0.4) is 0 Å². The highest BCUT2D eigenvalue weighted by atomic mass is 32.1. The average molecular weight is 285 g/mol. The SMILES string of the molecule is c1cc(-c2sc(-c3ncn[nH]3)nc2-c2ccon2)[nH]n1. The molecule has 4 rings (SSSR count). The van der Waals surface area contributed by atoms with Gasteiger partial charge >= 0.3 is 0 Å². The van der Waals surface area contributed by atoms with E-state index in [0.29, 0.717) is 11.5 Å². The minimum Gasteiger partial charge on any atom is -0.364 e. The first-order chi connectivity index (χ1) is 9.92. The Morgan fingerprint density at radius 1 is 1.15 bits per heavy atom. The van der Waals surface area contributed by atoms with Crippen LogP contribution in [0.4, 0.5) is 0 Å². The number of aromatic nitrogens is 7. The molecule has 0 radical (unpaired) electrons. The lowest BCUT2D eigenvalue weighted by Crippen LogP contribution is -1.83. The number of H-pyrrole nitrogens is 2. The van der Waals surface area contributed by atoms with Crippen molar-refractivity contribution in [3.8, 4) is 32.8 Å². The smallest absolute Gasteiger partial charge is 0.184 e. The summed E-state index contributed by atoms with van der Waals surface area (Å²) < 4.78 is 4.89. The van der Waals surface area contributed by atoms with E-state index >= 15 is 0 Å². The Balaban J connectivity index is 1.92. The fourth-order valence-electron chi connectivity index (χ4n) is 1.80. The summed E-state index contributed by atoms with van der Waals surface area (Å²) in [5.74, 6) is 0.616. The quantitative estimate of drug-likeness (QED) is 0.595. The number of thiazole rings is 1. The molecule has 20 heavy (non-hydrogen) atoms. The van der Waals surface area contributed by atoms with Gasteiger partial charge in [-0.1, -0.05) is 5.16 Å². The summed E-state index contributed by atoms with van der Waals surface area (Å²) in [6.07, 6.45) is 4.65. The van der Waals surface area contributed by atoms with E-state index in [2.05, 4.69) is 35.5 Å². The van der Waals surface area contributed by atoms with Gasteiger partial charge in [0.2, 0.25) is 0 Å². The van der Waals surface area contributed by atoms with Gasteiger partial charge in [-0.05, 0) is 6.07 Å². The van der Waals surface area contributed by atoms with Gasteiger partial charge in [-0.25, -0.2) is 9.97 Å². The van der Waals surface area contributed by atoms with E-state index < -0.39 is 0 Å². The Kier molecular flexibility index (Phi) is 2.42. The van der Waals surface area contributed by atoms with Crippen molar-refractivity contribution >= 4 is 11.3 Å². The van der Waals surface area contributed by atoms with Gasteiger partial charge in [-0.2, -0.15) is 10.2 Å². The summed E-state index contributed by atoms with van der Waals surface area (Å²) >= 11 is 1.48. The number of nitrogens with zero attached hydrogens (tertiary/aromatic N) is 5. The Bertz CT molecular complexity index is 750. The summed E-state index contributed by atoms with van der Waals surface area (Å²) in [5.41, 5.74) is 2.25. The van der Waals surface area contributed by atoms with Crippen LogP contribution in [0.2, 0.25) is 0 Å². The lowest BCUT2D eigenvalue weighted by Gasteiger charge is -1.94. The molecule has 0 fully saturated rings. The molecule has 0 saturated heterocycles. The highest BCUT2D eigenvalue weighted by Crippen LogP contribution is 2.37. The summed E-state index contributed by atoms with van der Waals surface area (Å²) in [6, 6.07) is 3.64. The summed E-state index contributed by atoms with van der Waals surface area (Å²) in [7, 11) is 0. The topological polar surface area (TPSA) is 109 Å². The monoisotopic (exact) mass is 285 g/mol. The highest BCUT2D eigenvalue weighted by molar-refractivity contribution is 7.18. The molecule has 4 aromatic heterocycles. The van der Waals surface area contributed by atoms with E-state index in [1.807, 2.05) is 6.07 Å². The molecule has 0 atom stereocenters. The van der Waals surface area contributed by atoms with Gasteiger partial charge in [-0.3, -0.25) is 10.2 Å². The molecule has 0 aliphatic carbocycles. The van der Waals surface area contributed by atoms with Crippen LogP contribution in [-0.4, -0.2) is 35.5 Å². The molecule has 0 aromatic carbocycles. The molecule has 4 heterocycles. The first kappa shape index (κ1) is 11.1. The first-order valence-electron chi connectivity index (χ1n) is 5.69. The Hall–Kier alpha value is -2.81. The van der Waals surface area contributed by atoms with Crippen LogP contribution in [0.15, 0.2) is 35.4 Å². The van der Waals surface area contributed by atoms with Crippen LogP contribution in [-0.2, 0) is 0 Å². The zero-order chi connectivity index (χ0) is 13.4. The molecule has 0 bridgehead atoms. The van der Waals surface area contributed by atoms with E-state index in [9.17, 15) is 0 Å². The van der Waals surface area contributed by atoms with Crippen molar-refractivity contribution in [2.24, 2.45) is 0 Å². The third-order valence-corrected chi connectivity index (χ3v) is 3.77. The molecule has 0 saturated carbocycles. The van der Waals surface area contributed by atoms with Crippen molar-refractivity contribution in [2.45, 2.75) is 0 Å². The minimum absolute atomic E-state index is 0.616. The van der Waals surface area contributed by atoms with E-state index in [1.165, 1.54) is 23.9 Å². The maximum atomic E-state index is 4.89. The number of aromatic amines is 2. The molecule has 8 nitrogen and oxygen atoms in total. The lowest BCUT2D eigenvalue weighted by molar-refractivity contribution is 0.422. The van der Waals surface area contributed by atoms with Gasteiger partial charge in [0.1, 0.15) is 24.0 Å². The van der Waals surface area contributed by atoms with E-state index in [-0.39, 0.29) is 0 Å². The predicted molar refractivity (Wildman–Crippen MR) is 70.6 cm³/mol. The second-order valence-corrected chi connectivity index (χ2v) is 4.88. The standard InChI is InChI=1S/C11H7N7OS/c1-3-13-16-7(1)9-8(6-2-4-19-18-6)15-11(20-9)10-12-5-14-17-10/h1-5H,(H,13,16)(H,12,14,17). The normalized spacial score (nSPS) is 11.0. The third-order valence-electron chi connectivity index (χ3n) is 2.67. The van der Waals surface area contributed by atoms with Crippen molar-refractivity contribution in [3.05, 3.63) is 30.9 Å². The molecule has 0 aliphatic rings. The molecule has 9 heteroatoms. The summed E-state index contributed by atoms with van der Waals surface area (Å²) in [5, 5.41) is 18.2. The maximum absolute atomic E-state index is 4.89. The third kappa shape index (κ3) is 1.72. The van der Waals surface area contributed by atoms with Crippen LogP contribution in [0.25, 0.3) is 32.8 Å². The zero-order valence-electron chi connectivity index (χ0n) is 9.94. The molecule has 4 aromatic rings. The summed E-state index contributed by atoms with van der Waals surface area (Å²) in [6.45, 7) is 0. The van der Waals surface area contributed by atoms with Crippen molar-refractivity contribution in [1.82, 2.24) is 35.5 Å². The van der Waals surface area contributed by atoms with Crippen LogP contribution in [0.5, 0.6) is 0 Å². The Labute approximate surface area is 115 Å².